The van der Waals surface area contributed by atoms with Crippen LogP contribution in [0.3, 0.4) is 0 Å². The van der Waals surface area contributed by atoms with Crippen LogP contribution in [0.2, 0.25) is 0 Å². The number of nitrogens with one attached hydrogen (secondary N) is 1. The van der Waals surface area contributed by atoms with E-state index in [0.717, 1.165) is 56.1 Å². The third-order valence-corrected chi connectivity index (χ3v) is 5.57. The molecule has 0 radical (unpaired) electrons. The molecular weight excluding hydrogens is 398 g/mol. The average molecular weight is 432 g/mol. The highest BCUT2D eigenvalue weighted by molar-refractivity contribution is 5.85. The molecular formula is C24H34ClN3O2. The Balaban J connectivity index is 0.00000320. The number of amides is 1. The lowest BCUT2D eigenvalue weighted by Gasteiger charge is -2.30. The Kier molecular flexibility index (Phi) is 9.63. The van der Waals surface area contributed by atoms with Gasteiger partial charge in [-0.1, -0.05) is 42.5 Å². The number of nitrogens with zero attached hydrogens (tertiary/aromatic N) is 2. The molecule has 0 bridgehead atoms. The van der Waals surface area contributed by atoms with Gasteiger partial charge in [0.05, 0.1) is 7.11 Å². The van der Waals surface area contributed by atoms with Crippen LogP contribution in [0.15, 0.2) is 48.5 Å². The number of para-hydroxylation sites is 1. The van der Waals surface area contributed by atoms with Crippen molar-refractivity contribution in [1.82, 2.24) is 15.1 Å². The number of benzene rings is 2. The summed E-state index contributed by atoms with van der Waals surface area (Å²) in [6.45, 7) is 9.47. The average Bonchev–Trinajstić information content (AvgIpc) is 2.77. The van der Waals surface area contributed by atoms with Crippen molar-refractivity contribution in [3.63, 3.8) is 0 Å². The Bertz CT molecular complexity index is 789. The molecule has 1 N–H and O–H groups in total. The van der Waals surface area contributed by atoms with Gasteiger partial charge in [0.1, 0.15) is 5.75 Å². The second kappa shape index (κ2) is 11.9. The summed E-state index contributed by atoms with van der Waals surface area (Å²) in [5, 5.41) is 3.30. The van der Waals surface area contributed by atoms with Crippen LogP contribution < -0.4 is 10.1 Å². The quantitative estimate of drug-likeness (QED) is 0.690. The van der Waals surface area contributed by atoms with Crippen molar-refractivity contribution in [2.24, 2.45) is 0 Å². The SMILES string of the molecule is COc1ccccc1-c1ccc(CN(CCC(=O)N2CCNCC2)C(C)C)cc1.Cl. The van der Waals surface area contributed by atoms with Gasteiger partial charge in [0.15, 0.2) is 0 Å². The summed E-state index contributed by atoms with van der Waals surface area (Å²) in [6, 6.07) is 17.1. The topological polar surface area (TPSA) is 44.8 Å². The minimum Gasteiger partial charge on any atom is -0.496 e. The smallest absolute Gasteiger partial charge is 0.223 e. The minimum absolute atomic E-state index is 0. The first-order valence-electron chi connectivity index (χ1n) is 10.5. The molecule has 0 unspecified atom stereocenters. The van der Waals surface area contributed by atoms with E-state index in [2.05, 4.69) is 54.4 Å². The third kappa shape index (κ3) is 6.46. The largest absolute Gasteiger partial charge is 0.496 e. The van der Waals surface area contributed by atoms with Gasteiger partial charge in [-0.25, -0.2) is 0 Å². The van der Waals surface area contributed by atoms with Crippen molar-refractivity contribution in [3.8, 4) is 16.9 Å². The molecule has 0 atom stereocenters. The maximum absolute atomic E-state index is 12.5. The number of carbonyl (C=O) groups is 1. The lowest BCUT2D eigenvalue weighted by molar-refractivity contribution is -0.132. The second-order valence-electron chi connectivity index (χ2n) is 7.84. The van der Waals surface area contributed by atoms with Crippen LogP contribution in [0.1, 0.15) is 25.8 Å². The van der Waals surface area contributed by atoms with Crippen molar-refractivity contribution in [1.29, 1.82) is 0 Å². The van der Waals surface area contributed by atoms with E-state index >= 15 is 0 Å². The van der Waals surface area contributed by atoms with Crippen LogP contribution in [-0.4, -0.2) is 61.6 Å². The third-order valence-electron chi connectivity index (χ3n) is 5.57. The standard InChI is InChI=1S/C24H33N3O2.ClH/c1-19(2)27(15-12-24(28)26-16-13-25-14-17-26)18-20-8-10-21(11-9-20)22-6-4-5-7-23(22)29-3;/h4-11,19,25H,12-18H2,1-3H3;1H. The number of methoxy groups -OCH3 is 1. The summed E-state index contributed by atoms with van der Waals surface area (Å²) >= 11 is 0. The molecule has 5 nitrogen and oxygen atoms in total. The summed E-state index contributed by atoms with van der Waals surface area (Å²) in [7, 11) is 1.70. The molecule has 1 saturated heterocycles. The molecule has 2 aromatic carbocycles. The molecule has 1 heterocycles. The zero-order valence-electron chi connectivity index (χ0n) is 18.3. The van der Waals surface area contributed by atoms with Gasteiger partial charge in [-0.05, 0) is 31.0 Å². The molecule has 1 fully saturated rings. The summed E-state index contributed by atoms with van der Waals surface area (Å²) in [5.74, 6) is 1.15. The highest BCUT2D eigenvalue weighted by Gasteiger charge is 2.18. The van der Waals surface area contributed by atoms with E-state index in [9.17, 15) is 4.79 Å². The number of carbonyl (C=O) groups excluding carboxylic acids is 1. The van der Waals surface area contributed by atoms with E-state index in [-0.39, 0.29) is 18.3 Å². The van der Waals surface area contributed by atoms with Gasteiger partial charge in [0.2, 0.25) is 5.91 Å². The molecule has 3 rings (SSSR count). The Hall–Kier alpha value is -2.08. The number of ether oxygens (including phenoxy) is 1. The van der Waals surface area contributed by atoms with Crippen LogP contribution in [0.4, 0.5) is 0 Å². The van der Waals surface area contributed by atoms with Gasteiger partial charge in [-0.2, -0.15) is 0 Å². The lowest BCUT2D eigenvalue weighted by atomic mass is 10.0. The molecule has 2 aromatic rings. The highest BCUT2D eigenvalue weighted by atomic mass is 35.5. The number of hydrogen-bond acceptors (Lipinski definition) is 4. The Morgan fingerprint density at radius 1 is 1.10 bits per heavy atom. The highest BCUT2D eigenvalue weighted by Crippen LogP contribution is 2.29. The van der Waals surface area contributed by atoms with E-state index < -0.39 is 0 Å². The first-order valence-corrected chi connectivity index (χ1v) is 10.5. The van der Waals surface area contributed by atoms with Gasteiger partial charge in [-0.15, -0.1) is 12.4 Å². The monoisotopic (exact) mass is 431 g/mol. The molecule has 1 aliphatic heterocycles. The molecule has 6 heteroatoms. The van der Waals surface area contributed by atoms with Crippen LogP contribution in [0.5, 0.6) is 5.75 Å². The first kappa shape index (κ1) is 24.2. The molecule has 0 aromatic heterocycles. The fourth-order valence-electron chi connectivity index (χ4n) is 3.74. The van der Waals surface area contributed by atoms with Crippen LogP contribution >= 0.6 is 12.4 Å². The molecule has 0 saturated carbocycles. The lowest BCUT2D eigenvalue weighted by Crippen LogP contribution is -2.47. The Morgan fingerprint density at radius 3 is 2.40 bits per heavy atom. The molecule has 1 amide bonds. The Morgan fingerprint density at radius 2 is 1.77 bits per heavy atom. The van der Waals surface area contributed by atoms with Gasteiger partial charge in [0, 0.05) is 57.3 Å². The van der Waals surface area contributed by atoms with Gasteiger partial charge >= 0.3 is 0 Å². The van der Waals surface area contributed by atoms with E-state index in [4.69, 9.17) is 4.74 Å². The van der Waals surface area contributed by atoms with Crippen LogP contribution in [0.25, 0.3) is 11.1 Å². The maximum Gasteiger partial charge on any atom is 0.223 e. The van der Waals surface area contributed by atoms with Gasteiger partial charge in [0.25, 0.3) is 0 Å². The second-order valence-corrected chi connectivity index (χ2v) is 7.84. The van der Waals surface area contributed by atoms with Crippen molar-refractivity contribution < 1.29 is 9.53 Å². The van der Waals surface area contributed by atoms with Crippen molar-refractivity contribution >= 4 is 18.3 Å². The van der Waals surface area contributed by atoms with E-state index in [1.807, 2.05) is 23.1 Å². The van der Waals surface area contributed by atoms with Crippen molar-refractivity contribution in [2.75, 3.05) is 39.8 Å². The fraction of sp³-hybridized carbons (Fsp3) is 0.458. The molecule has 0 spiro atoms. The molecule has 30 heavy (non-hydrogen) atoms. The number of rotatable bonds is 8. The summed E-state index contributed by atoms with van der Waals surface area (Å²) in [6.07, 6.45) is 0.581. The first-order chi connectivity index (χ1) is 14.1. The van der Waals surface area contributed by atoms with Crippen molar-refractivity contribution in [2.45, 2.75) is 32.9 Å². The maximum atomic E-state index is 12.5. The number of halogens is 1. The van der Waals surface area contributed by atoms with E-state index in [1.165, 1.54) is 5.56 Å². The number of piperazine rings is 1. The number of hydrogen-bond donors (Lipinski definition) is 1. The fourth-order valence-corrected chi connectivity index (χ4v) is 3.74. The van der Waals surface area contributed by atoms with Crippen molar-refractivity contribution in [3.05, 3.63) is 54.1 Å². The summed E-state index contributed by atoms with van der Waals surface area (Å²) in [4.78, 5) is 16.9. The zero-order valence-corrected chi connectivity index (χ0v) is 19.1. The van der Waals surface area contributed by atoms with E-state index in [1.54, 1.807) is 7.11 Å². The van der Waals surface area contributed by atoms with Crippen LogP contribution in [-0.2, 0) is 11.3 Å². The molecule has 164 valence electrons. The minimum atomic E-state index is 0. The molecule has 0 aliphatic carbocycles. The van der Waals surface area contributed by atoms with Gasteiger partial charge in [-0.3, -0.25) is 9.69 Å². The zero-order chi connectivity index (χ0) is 20.6. The van der Waals surface area contributed by atoms with E-state index in [0.29, 0.717) is 12.5 Å². The van der Waals surface area contributed by atoms with Gasteiger partial charge < -0.3 is 15.0 Å². The molecule has 1 aliphatic rings. The summed E-state index contributed by atoms with van der Waals surface area (Å²) in [5.41, 5.74) is 3.51. The predicted molar refractivity (Wildman–Crippen MR) is 125 cm³/mol. The Labute approximate surface area is 186 Å². The predicted octanol–water partition coefficient (Wildman–Crippen LogP) is 3.82. The van der Waals surface area contributed by atoms with Crippen LogP contribution in [0, 0.1) is 0 Å². The normalized spacial score (nSPS) is 14.0. The summed E-state index contributed by atoms with van der Waals surface area (Å²) < 4.78 is 5.48.